The van der Waals surface area contributed by atoms with Gasteiger partial charge in [0.2, 0.25) is 0 Å². The summed E-state index contributed by atoms with van der Waals surface area (Å²) in [6.45, 7) is 2.02. The van der Waals surface area contributed by atoms with E-state index in [4.69, 9.17) is 5.11 Å². The molecule has 1 heterocycles. The van der Waals surface area contributed by atoms with Crippen LogP contribution in [0.25, 0.3) is 10.4 Å². The highest BCUT2D eigenvalue weighted by Gasteiger charge is 2.14. The Hall–Kier alpha value is -1.13. The molecule has 0 aliphatic rings. The highest BCUT2D eigenvalue weighted by atomic mass is 79.9. The van der Waals surface area contributed by atoms with E-state index >= 15 is 0 Å². The third-order valence-electron chi connectivity index (χ3n) is 2.29. The standard InChI is InChI=1S/C12H9BrO2S/c1-7-4-2-3-5-8(7)10-6-9(13)11(16-10)12(14)15/h2-6H,1H3,(H,14,15). The van der Waals surface area contributed by atoms with Crippen LogP contribution in [0.3, 0.4) is 0 Å². The molecule has 82 valence electrons. The van der Waals surface area contributed by atoms with Gasteiger partial charge in [-0.25, -0.2) is 4.79 Å². The molecule has 1 N–H and O–H groups in total. The van der Waals surface area contributed by atoms with E-state index in [-0.39, 0.29) is 0 Å². The highest BCUT2D eigenvalue weighted by molar-refractivity contribution is 9.10. The molecule has 0 spiro atoms. The van der Waals surface area contributed by atoms with Crippen molar-refractivity contribution in [2.75, 3.05) is 0 Å². The van der Waals surface area contributed by atoms with Gasteiger partial charge in [0.15, 0.2) is 0 Å². The number of carboxylic acids is 1. The largest absolute Gasteiger partial charge is 0.477 e. The lowest BCUT2D eigenvalue weighted by Crippen LogP contribution is -1.91. The van der Waals surface area contributed by atoms with Gasteiger partial charge >= 0.3 is 5.97 Å². The molecule has 1 aromatic carbocycles. The van der Waals surface area contributed by atoms with Crippen molar-refractivity contribution in [3.8, 4) is 10.4 Å². The average Bonchev–Trinajstić information content (AvgIpc) is 2.61. The van der Waals surface area contributed by atoms with Crippen LogP contribution in [0.1, 0.15) is 15.2 Å². The lowest BCUT2D eigenvalue weighted by molar-refractivity contribution is 0.0701. The van der Waals surface area contributed by atoms with Crippen LogP contribution in [-0.4, -0.2) is 11.1 Å². The minimum atomic E-state index is -0.892. The SMILES string of the molecule is Cc1ccccc1-c1cc(Br)c(C(=O)O)s1. The van der Waals surface area contributed by atoms with Gasteiger partial charge in [-0.05, 0) is 40.0 Å². The average molecular weight is 297 g/mol. The Morgan fingerprint density at radius 1 is 1.38 bits per heavy atom. The fourth-order valence-electron chi connectivity index (χ4n) is 1.50. The third kappa shape index (κ3) is 2.03. The van der Waals surface area contributed by atoms with Gasteiger partial charge in [-0.2, -0.15) is 0 Å². The molecule has 4 heteroatoms. The van der Waals surface area contributed by atoms with Gasteiger partial charge in [-0.3, -0.25) is 0 Å². The van der Waals surface area contributed by atoms with Crippen molar-refractivity contribution in [3.05, 3.63) is 45.2 Å². The summed E-state index contributed by atoms with van der Waals surface area (Å²) >= 11 is 4.56. The Bertz CT molecular complexity index is 546. The van der Waals surface area contributed by atoms with Crippen LogP contribution in [-0.2, 0) is 0 Å². The summed E-state index contributed by atoms with van der Waals surface area (Å²) < 4.78 is 0.642. The van der Waals surface area contributed by atoms with Crippen LogP contribution in [0, 0.1) is 6.92 Å². The lowest BCUT2D eigenvalue weighted by Gasteiger charge is -2.00. The van der Waals surface area contributed by atoms with E-state index in [1.165, 1.54) is 11.3 Å². The molecule has 0 radical (unpaired) electrons. The molecule has 0 unspecified atom stereocenters. The Balaban J connectivity index is 2.54. The van der Waals surface area contributed by atoms with Gasteiger partial charge in [0.1, 0.15) is 4.88 Å². The van der Waals surface area contributed by atoms with Crippen molar-refractivity contribution in [1.29, 1.82) is 0 Å². The summed E-state index contributed by atoms with van der Waals surface area (Å²) in [5.74, 6) is -0.892. The van der Waals surface area contributed by atoms with Crippen molar-refractivity contribution < 1.29 is 9.90 Å². The van der Waals surface area contributed by atoms with Crippen molar-refractivity contribution >= 4 is 33.2 Å². The second-order valence-corrected chi connectivity index (χ2v) is 5.31. The molecule has 0 saturated heterocycles. The molecule has 1 aromatic heterocycles. The predicted octanol–water partition coefficient (Wildman–Crippen LogP) is 4.18. The zero-order valence-corrected chi connectivity index (χ0v) is 10.9. The Morgan fingerprint density at radius 3 is 2.62 bits per heavy atom. The highest BCUT2D eigenvalue weighted by Crippen LogP contribution is 2.35. The van der Waals surface area contributed by atoms with Crippen LogP contribution in [0.5, 0.6) is 0 Å². The Labute approximate surface area is 106 Å². The molecule has 0 saturated carbocycles. The van der Waals surface area contributed by atoms with Crippen molar-refractivity contribution in [1.82, 2.24) is 0 Å². The molecule has 0 aliphatic carbocycles. The minimum absolute atomic E-state index is 0.346. The second kappa shape index (κ2) is 4.39. The smallest absolute Gasteiger partial charge is 0.347 e. The van der Waals surface area contributed by atoms with E-state index in [9.17, 15) is 4.79 Å². The number of aryl methyl sites for hydroxylation is 1. The van der Waals surface area contributed by atoms with E-state index in [1.807, 2.05) is 37.3 Å². The van der Waals surface area contributed by atoms with Gasteiger partial charge in [-0.15, -0.1) is 11.3 Å². The van der Waals surface area contributed by atoms with Crippen LogP contribution in [0.2, 0.25) is 0 Å². The molecule has 0 aliphatic heterocycles. The Morgan fingerprint density at radius 2 is 2.06 bits per heavy atom. The second-order valence-electron chi connectivity index (χ2n) is 3.41. The van der Waals surface area contributed by atoms with Gasteiger partial charge < -0.3 is 5.11 Å². The molecule has 0 amide bonds. The number of thiophene rings is 1. The maximum Gasteiger partial charge on any atom is 0.347 e. The number of aromatic carboxylic acids is 1. The summed E-state index contributed by atoms with van der Waals surface area (Å²) in [6, 6.07) is 9.80. The fourth-order valence-corrected chi connectivity index (χ4v) is 3.27. The van der Waals surface area contributed by atoms with E-state index < -0.39 is 5.97 Å². The predicted molar refractivity (Wildman–Crippen MR) is 69.2 cm³/mol. The van der Waals surface area contributed by atoms with Crippen LogP contribution in [0.15, 0.2) is 34.8 Å². The maximum atomic E-state index is 10.9. The molecule has 0 bridgehead atoms. The molecular weight excluding hydrogens is 288 g/mol. The number of carbonyl (C=O) groups is 1. The first-order valence-electron chi connectivity index (χ1n) is 4.68. The van der Waals surface area contributed by atoms with E-state index in [1.54, 1.807) is 0 Å². The van der Waals surface area contributed by atoms with Crippen molar-refractivity contribution in [2.24, 2.45) is 0 Å². The van der Waals surface area contributed by atoms with E-state index in [2.05, 4.69) is 15.9 Å². The van der Waals surface area contributed by atoms with Crippen LogP contribution < -0.4 is 0 Å². The quantitative estimate of drug-likeness (QED) is 0.902. The number of hydrogen-bond donors (Lipinski definition) is 1. The molecule has 2 aromatic rings. The normalized spacial score (nSPS) is 10.4. The first-order valence-corrected chi connectivity index (χ1v) is 6.29. The van der Waals surface area contributed by atoms with E-state index in [0.29, 0.717) is 9.35 Å². The first-order chi connectivity index (χ1) is 7.59. The zero-order chi connectivity index (χ0) is 11.7. The fraction of sp³-hybridized carbons (Fsp3) is 0.0833. The molecule has 0 fully saturated rings. The van der Waals surface area contributed by atoms with Gasteiger partial charge in [0.25, 0.3) is 0 Å². The minimum Gasteiger partial charge on any atom is -0.477 e. The van der Waals surface area contributed by atoms with Crippen LogP contribution in [0.4, 0.5) is 0 Å². The summed E-state index contributed by atoms with van der Waals surface area (Å²) in [4.78, 5) is 12.3. The monoisotopic (exact) mass is 296 g/mol. The number of carboxylic acid groups (broad SMARTS) is 1. The van der Waals surface area contributed by atoms with Gasteiger partial charge in [0, 0.05) is 9.35 Å². The Kier molecular flexibility index (Phi) is 3.12. The number of rotatable bonds is 2. The topological polar surface area (TPSA) is 37.3 Å². The summed E-state index contributed by atoms with van der Waals surface area (Å²) in [6.07, 6.45) is 0. The lowest BCUT2D eigenvalue weighted by atomic mass is 10.1. The van der Waals surface area contributed by atoms with Gasteiger partial charge in [0.05, 0.1) is 0 Å². The first kappa shape index (κ1) is 11.4. The maximum absolute atomic E-state index is 10.9. The van der Waals surface area contributed by atoms with Crippen molar-refractivity contribution in [3.63, 3.8) is 0 Å². The molecule has 16 heavy (non-hydrogen) atoms. The molecule has 2 nitrogen and oxygen atoms in total. The number of hydrogen-bond acceptors (Lipinski definition) is 2. The van der Waals surface area contributed by atoms with Crippen molar-refractivity contribution in [2.45, 2.75) is 6.92 Å². The summed E-state index contributed by atoms with van der Waals surface area (Å²) in [7, 11) is 0. The molecule has 0 atom stereocenters. The molecule has 2 rings (SSSR count). The van der Waals surface area contributed by atoms with Crippen LogP contribution >= 0.6 is 27.3 Å². The third-order valence-corrected chi connectivity index (χ3v) is 4.34. The summed E-state index contributed by atoms with van der Waals surface area (Å²) in [5, 5.41) is 8.98. The number of halogens is 1. The van der Waals surface area contributed by atoms with Gasteiger partial charge in [-0.1, -0.05) is 24.3 Å². The zero-order valence-electron chi connectivity index (χ0n) is 8.53. The number of benzene rings is 1. The van der Waals surface area contributed by atoms with E-state index in [0.717, 1.165) is 16.0 Å². The summed E-state index contributed by atoms with van der Waals surface area (Å²) in [5.41, 5.74) is 2.23. The molecular formula is C12H9BrO2S.